The summed E-state index contributed by atoms with van der Waals surface area (Å²) < 4.78 is 5.99. The van der Waals surface area contributed by atoms with Crippen LogP contribution in [0.4, 0.5) is 0 Å². The number of pyridine rings is 1. The van der Waals surface area contributed by atoms with Gasteiger partial charge in [-0.05, 0) is 23.8 Å². The number of carbonyl (C=O) groups excluding carboxylic acids is 1. The summed E-state index contributed by atoms with van der Waals surface area (Å²) in [5.41, 5.74) is 2.07. The molecule has 0 aliphatic heterocycles. The first-order valence-corrected chi connectivity index (χ1v) is 8.54. The molecule has 128 valence electrons. The molecule has 0 fully saturated rings. The number of rotatable bonds is 4. The molecule has 4 aromatic rings. The highest BCUT2D eigenvalue weighted by molar-refractivity contribution is 6.33. The molecule has 2 aromatic heterocycles. The number of fused-ring (bicyclic) bond motifs is 1. The van der Waals surface area contributed by atoms with Crippen molar-refractivity contribution in [1.82, 2.24) is 10.3 Å². The van der Waals surface area contributed by atoms with Gasteiger partial charge in [-0.15, -0.1) is 0 Å². The molecule has 0 saturated heterocycles. The number of halogens is 1. The Kier molecular flexibility index (Phi) is 4.42. The first-order chi connectivity index (χ1) is 12.7. The molecule has 0 aliphatic carbocycles. The monoisotopic (exact) mass is 362 g/mol. The summed E-state index contributed by atoms with van der Waals surface area (Å²) in [4.78, 5) is 16.7. The van der Waals surface area contributed by atoms with Gasteiger partial charge in [0.1, 0.15) is 17.4 Å². The summed E-state index contributed by atoms with van der Waals surface area (Å²) in [5, 5.41) is 4.32. The Labute approximate surface area is 155 Å². The number of amides is 1. The highest BCUT2D eigenvalue weighted by atomic mass is 35.5. The third-order valence-corrected chi connectivity index (χ3v) is 4.46. The maximum Gasteiger partial charge on any atom is 0.253 e. The molecule has 0 radical (unpaired) electrons. The molecule has 0 bridgehead atoms. The molecule has 2 aromatic carbocycles. The van der Waals surface area contributed by atoms with Crippen molar-refractivity contribution in [3.05, 3.63) is 101 Å². The highest BCUT2D eigenvalue weighted by Gasteiger charge is 2.22. The van der Waals surface area contributed by atoms with E-state index in [4.69, 9.17) is 16.0 Å². The minimum Gasteiger partial charge on any atom is -0.459 e. The van der Waals surface area contributed by atoms with E-state index in [1.54, 1.807) is 12.3 Å². The van der Waals surface area contributed by atoms with Gasteiger partial charge in [-0.1, -0.05) is 60.1 Å². The summed E-state index contributed by atoms with van der Waals surface area (Å²) in [7, 11) is 0. The molecule has 26 heavy (non-hydrogen) atoms. The number of nitrogens with zero attached hydrogens (tertiary/aromatic N) is 1. The predicted octanol–water partition coefficient (Wildman–Crippen LogP) is 5.00. The number of furan rings is 1. The first kappa shape index (κ1) is 16.4. The van der Waals surface area contributed by atoms with Crippen molar-refractivity contribution in [3.63, 3.8) is 0 Å². The summed E-state index contributed by atoms with van der Waals surface area (Å²) in [5.74, 6) is 0.377. The highest BCUT2D eigenvalue weighted by Crippen LogP contribution is 2.29. The predicted molar refractivity (Wildman–Crippen MR) is 101 cm³/mol. The van der Waals surface area contributed by atoms with Gasteiger partial charge in [0.25, 0.3) is 5.91 Å². The van der Waals surface area contributed by atoms with Crippen molar-refractivity contribution >= 4 is 28.5 Å². The van der Waals surface area contributed by atoms with Crippen molar-refractivity contribution in [2.24, 2.45) is 0 Å². The zero-order chi connectivity index (χ0) is 17.9. The van der Waals surface area contributed by atoms with Crippen LogP contribution in [-0.2, 0) is 0 Å². The standard InChI is InChI=1S/C21H15ClN2O2/c22-17-13-23-11-10-16(17)21(25)24-20(14-6-2-1-3-7-14)19-12-15-8-4-5-9-18(15)26-19/h1-13,20H,(H,24,25)/t20-/m1/s1. The third kappa shape index (κ3) is 3.19. The van der Waals surface area contributed by atoms with Gasteiger partial charge in [-0.25, -0.2) is 0 Å². The van der Waals surface area contributed by atoms with Gasteiger partial charge in [0.15, 0.2) is 0 Å². The molecule has 5 heteroatoms. The molecule has 0 unspecified atom stereocenters. The second-order valence-electron chi connectivity index (χ2n) is 5.86. The lowest BCUT2D eigenvalue weighted by Gasteiger charge is -2.17. The van der Waals surface area contributed by atoms with Gasteiger partial charge >= 0.3 is 0 Å². The van der Waals surface area contributed by atoms with Crippen LogP contribution in [0, 0.1) is 0 Å². The van der Waals surface area contributed by atoms with Gasteiger partial charge in [0.05, 0.1) is 10.6 Å². The van der Waals surface area contributed by atoms with Crippen LogP contribution in [0.2, 0.25) is 5.02 Å². The van der Waals surface area contributed by atoms with Gasteiger partial charge in [0, 0.05) is 17.8 Å². The number of para-hydroxylation sites is 1. The molecule has 2 heterocycles. The van der Waals surface area contributed by atoms with Crippen LogP contribution >= 0.6 is 11.6 Å². The Morgan fingerprint density at radius 3 is 2.58 bits per heavy atom. The summed E-state index contributed by atoms with van der Waals surface area (Å²) >= 11 is 6.11. The molecule has 0 saturated carbocycles. The van der Waals surface area contributed by atoms with Gasteiger partial charge in [0.2, 0.25) is 0 Å². The van der Waals surface area contributed by atoms with Crippen LogP contribution in [0.3, 0.4) is 0 Å². The zero-order valence-corrected chi connectivity index (χ0v) is 14.5. The van der Waals surface area contributed by atoms with Crippen LogP contribution < -0.4 is 5.32 Å². The van der Waals surface area contributed by atoms with Crippen molar-refractivity contribution in [3.8, 4) is 0 Å². The van der Waals surface area contributed by atoms with E-state index in [1.807, 2.05) is 60.7 Å². The fourth-order valence-electron chi connectivity index (χ4n) is 2.88. The quantitative estimate of drug-likeness (QED) is 0.555. The van der Waals surface area contributed by atoms with Crippen LogP contribution in [0.5, 0.6) is 0 Å². The fraction of sp³-hybridized carbons (Fsp3) is 0.0476. The van der Waals surface area contributed by atoms with E-state index in [-0.39, 0.29) is 5.91 Å². The average molecular weight is 363 g/mol. The molecule has 4 rings (SSSR count). The molecule has 0 aliphatic rings. The van der Waals surface area contributed by atoms with Crippen LogP contribution in [0.25, 0.3) is 11.0 Å². The smallest absolute Gasteiger partial charge is 0.253 e. The first-order valence-electron chi connectivity index (χ1n) is 8.16. The molecule has 1 amide bonds. The third-order valence-electron chi connectivity index (χ3n) is 4.15. The Hall–Kier alpha value is -3.11. The Morgan fingerprint density at radius 1 is 1.04 bits per heavy atom. The van der Waals surface area contributed by atoms with E-state index >= 15 is 0 Å². The van der Waals surface area contributed by atoms with Crippen molar-refractivity contribution in [1.29, 1.82) is 0 Å². The van der Waals surface area contributed by atoms with E-state index in [0.717, 1.165) is 16.5 Å². The molecule has 1 N–H and O–H groups in total. The number of nitrogens with one attached hydrogen (secondary N) is 1. The summed E-state index contributed by atoms with van der Waals surface area (Å²) in [6, 6.07) is 20.6. The molecule has 1 atom stereocenters. The number of benzene rings is 2. The average Bonchev–Trinajstić information content (AvgIpc) is 3.11. The lowest BCUT2D eigenvalue weighted by molar-refractivity contribution is 0.0939. The van der Waals surface area contributed by atoms with Crippen LogP contribution in [0.15, 0.2) is 83.5 Å². The fourth-order valence-corrected chi connectivity index (χ4v) is 3.08. The van der Waals surface area contributed by atoms with Crippen molar-refractivity contribution in [2.75, 3.05) is 0 Å². The zero-order valence-electron chi connectivity index (χ0n) is 13.7. The summed E-state index contributed by atoms with van der Waals surface area (Å²) in [6.07, 6.45) is 2.99. The minimum absolute atomic E-state index is 0.285. The van der Waals surface area contributed by atoms with Gasteiger partial charge < -0.3 is 9.73 Å². The second-order valence-corrected chi connectivity index (χ2v) is 6.27. The van der Waals surface area contributed by atoms with E-state index in [9.17, 15) is 4.79 Å². The maximum atomic E-state index is 12.8. The molecule has 0 spiro atoms. The van der Waals surface area contributed by atoms with Crippen molar-refractivity contribution < 1.29 is 9.21 Å². The lowest BCUT2D eigenvalue weighted by atomic mass is 10.0. The van der Waals surface area contributed by atoms with Crippen molar-refractivity contribution in [2.45, 2.75) is 6.04 Å². The molecule has 4 nitrogen and oxygen atoms in total. The Morgan fingerprint density at radius 2 is 1.81 bits per heavy atom. The summed E-state index contributed by atoms with van der Waals surface area (Å²) in [6.45, 7) is 0. The normalized spacial score (nSPS) is 12.0. The number of aromatic nitrogens is 1. The number of hydrogen-bond acceptors (Lipinski definition) is 3. The van der Waals surface area contributed by atoms with Gasteiger partial charge in [-0.3, -0.25) is 9.78 Å². The SMILES string of the molecule is O=C(N[C@H](c1ccccc1)c1cc2ccccc2o1)c1ccncc1Cl. The van der Waals surface area contributed by atoms with E-state index in [2.05, 4.69) is 10.3 Å². The van der Waals surface area contributed by atoms with E-state index < -0.39 is 6.04 Å². The van der Waals surface area contributed by atoms with Gasteiger partial charge in [-0.2, -0.15) is 0 Å². The lowest BCUT2D eigenvalue weighted by Crippen LogP contribution is -2.29. The molecular formula is C21H15ClN2O2. The van der Waals surface area contributed by atoms with E-state index in [0.29, 0.717) is 16.3 Å². The topological polar surface area (TPSA) is 55.1 Å². The van der Waals surface area contributed by atoms with E-state index in [1.165, 1.54) is 6.20 Å². The van der Waals surface area contributed by atoms with Crippen LogP contribution in [-0.4, -0.2) is 10.9 Å². The van der Waals surface area contributed by atoms with Crippen LogP contribution in [0.1, 0.15) is 27.7 Å². The largest absolute Gasteiger partial charge is 0.459 e. The Balaban J connectivity index is 1.74. The molecular weight excluding hydrogens is 348 g/mol. The number of hydrogen-bond donors (Lipinski definition) is 1. The number of carbonyl (C=O) groups is 1. The Bertz CT molecular complexity index is 1030. The minimum atomic E-state index is -0.430. The second kappa shape index (κ2) is 7.02. The maximum absolute atomic E-state index is 12.8.